The number of hydrogen-bond donors (Lipinski definition) is 0. The summed E-state index contributed by atoms with van der Waals surface area (Å²) in [6, 6.07) is 19.8. The number of methoxy groups -OCH3 is 2. The van der Waals surface area contributed by atoms with Crippen LogP contribution in [0.5, 0.6) is 11.5 Å². The molecular formula is C27H20BrN3O6. The quantitative estimate of drug-likeness (QED) is 0.203. The molecular weight excluding hydrogens is 542 g/mol. The molecule has 9 nitrogen and oxygen atoms in total. The van der Waals surface area contributed by atoms with E-state index in [1.54, 1.807) is 30.3 Å². The van der Waals surface area contributed by atoms with E-state index < -0.39 is 5.97 Å². The van der Waals surface area contributed by atoms with Crippen molar-refractivity contribution in [3.8, 4) is 23.1 Å². The van der Waals surface area contributed by atoms with Gasteiger partial charge < -0.3 is 18.6 Å². The van der Waals surface area contributed by atoms with E-state index in [0.29, 0.717) is 38.0 Å². The molecule has 10 heteroatoms. The Kier molecular flexibility index (Phi) is 6.74. The number of furan rings is 1. The van der Waals surface area contributed by atoms with E-state index in [2.05, 4.69) is 30.8 Å². The second-order valence-corrected chi connectivity index (χ2v) is 8.77. The van der Waals surface area contributed by atoms with Crippen LogP contribution in [0.3, 0.4) is 0 Å². The second kappa shape index (κ2) is 10.3. The molecule has 2 aromatic heterocycles. The lowest BCUT2D eigenvalue weighted by atomic mass is 10.2. The van der Waals surface area contributed by atoms with Crippen molar-refractivity contribution in [2.75, 3.05) is 20.8 Å². The first-order valence-electron chi connectivity index (χ1n) is 11.1. The SMILES string of the molecule is COC(=O)COc1c(C=Nn2c(-c3cc4ccccc4o3)nc3ccccc3c2=O)cc(Br)cc1OC. The molecule has 0 aliphatic carbocycles. The largest absolute Gasteiger partial charge is 0.493 e. The van der Waals surface area contributed by atoms with Crippen LogP contribution in [-0.4, -0.2) is 42.7 Å². The van der Waals surface area contributed by atoms with Crippen LogP contribution in [0.4, 0.5) is 0 Å². The Morgan fingerprint density at radius 1 is 1.11 bits per heavy atom. The van der Waals surface area contributed by atoms with Gasteiger partial charge in [-0.15, -0.1) is 0 Å². The smallest absolute Gasteiger partial charge is 0.343 e. The second-order valence-electron chi connectivity index (χ2n) is 7.85. The maximum absolute atomic E-state index is 13.5. The van der Waals surface area contributed by atoms with E-state index in [-0.39, 0.29) is 23.7 Å². The Hall–Kier alpha value is -4.44. The molecule has 0 saturated carbocycles. The predicted molar refractivity (Wildman–Crippen MR) is 142 cm³/mol. The Morgan fingerprint density at radius 2 is 1.89 bits per heavy atom. The van der Waals surface area contributed by atoms with Gasteiger partial charge in [-0.05, 0) is 36.4 Å². The summed E-state index contributed by atoms with van der Waals surface area (Å²) < 4.78 is 23.6. The van der Waals surface area contributed by atoms with E-state index in [4.69, 9.17) is 13.9 Å². The molecule has 0 bridgehead atoms. The number of para-hydroxylation sites is 2. The zero-order valence-electron chi connectivity index (χ0n) is 19.8. The predicted octanol–water partition coefficient (Wildman–Crippen LogP) is 5.01. The highest BCUT2D eigenvalue weighted by atomic mass is 79.9. The van der Waals surface area contributed by atoms with Crippen molar-refractivity contribution < 1.29 is 23.4 Å². The van der Waals surface area contributed by atoms with Gasteiger partial charge in [0.25, 0.3) is 5.56 Å². The Morgan fingerprint density at radius 3 is 2.68 bits per heavy atom. The first-order chi connectivity index (χ1) is 18.0. The molecule has 0 saturated heterocycles. The Balaban J connectivity index is 1.68. The number of halogens is 1. The van der Waals surface area contributed by atoms with E-state index >= 15 is 0 Å². The van der Waals surface area contributed by atoms with E-state index in [1.165, 1.54) is 25.1 Å². The number of fused-ring (bicyclic) bond motifs is 2. The Bertz CT molecular complexity index is 1690. The van der Waals surface area contributed by atoms with Crippen LogP contribution >= 0.6 is 15.9 Å². The summed E-state index contributed by atoms with van der Waals surface area (Å²) in [7, 11) is 2.75. The highest BCUT2D eigenvalue weighted by molar-refractivity contribution is 9.10. The average molecular weight is 562 g/mol. The number of nitrogens with zero attached hydrogens (tertiary/aromatic N) is 3. The number of hydrogen-bond acceptors (Lipinski definition) is 8. The molecule has 0 fully saturated rings. The topological polar surface area (TPSA) is 105 Å². The third kappa shape index (κ3) is 4.83. The minimum atomic E-state index is -0.560. The lowest BCUT2D eigenvalue weighted by Crippen LogP contribution is -2.20. The minimum Gasteiger partial charge on any atom is -0.493 e. The van der Waals surface area contributed by atoms with Gasteiger partial charge in [-0.2, -0.15) is 9.78 Å². The van der Waals surface area contributed by atoms with Gasteiger partial charge in [-0.25, -0.2) is 9.78 Å². The van der Waals surface area contributed by atoms with Crippen LogP contribution in [0, 0.1) is 0 Å². The van der Waals surface area contributed by atoms with Crippen molar-refractivity contribution in [2.45, 2.75) is 0 Å². The third-order valence-corrected chi connectivity index (χ3v) is 6.00. The maximum atomic E-state index is 13.5. The summed E-state index contributed by atoms with van der Waals surface area (Å²) in [5, 5.41) is 5.74. The zero-order valence-corrected chi connectivity index (χ0v) is 21.4. The van der Waals surface area contributed by atoms with Gasteiger partial charge in [0.05, 0.1) is 31.3 Å². The van der Waals surface area contributed by atoms with Gasteiger partial charge >= 0.3 is 5.97 Å². The van der Waals surface area contributed by atoms with Crippen molar-refractivity contribution in [3.63, 3.8) is 0 Å². The summed E-state index contributed by atoms with van der Waals surface area (Å²) in [5.41, 5.74) is 1.24. The fraction of sp³-hybridized carbons (Fsp3) is 0.111. The molecule has 5 aromatic rings. The van der Waals surface area contributed by atoms with Crippen molar-refractivity contribution >= 4 is 50.0 Å². The highest BCUT2D eigenvalue weighted by Gasteiger charge is 2.18. The van der Waals surface area contributed by atoms with Gasteiger partial charge in [0.15, 0.2) is 23.9 Å². The number of benzene rings is 3. The van der Waals surface area contributed by atoms with Gasteiger partial charge in [0.2, 0.25) is 5.82 Å². The van der Waals surface area contributed by atoms with Crippen LogP contribution in [0.15, 0.2) is 85.5 Å². The average Bonchev–Trinajstić information content (AvgIpc) is 3.35. The minimum absolute atomic E-state index is 0.232. The lowest BCUT2D eigenvalue weighted by molar-refractivity contribution is -0.142. The number of carbonyl (C=O) groups is 1. The van der Waals surface area contributed by atoms with E-state index in [0.717, 1.165) is 5.39 Å². The lowest BCUT2D eigenvalue weighted by Gasteiger charge is -2.13. The molecule has 2 heterocycles. The number of ether oxygens (including phenoxy) is 3. The molecule has 0 unspecified atom stereocenters. The molecule has 0 spiro atoms. The molecule has 3 aromatic carbocycles. The van der Waals surface area contributed by atoms with Crippen LogP contribution in [0.1, 0.15) is 5.56 Å². The number of carbonyl (C=O) groups excluding carboxylic acids is 1. The zero-order chi connectivity index (χ0) is 25.9. The highest BCUT2D eigenvalue weighted by Crippen LogP contribution is 2.34. The molecule has 0 radical (unpaired) electrons. The third-order valence-electron chi connectivity index (χ3n) is 5.54. The van der Waals surface area contributed by atoms with Gasteiger partial charge in [0.1, 0.15) is 5.58 Å². The van der Waals surface area contributed by atoms with Gasteiger partial charge in [-0.1, -0.05) is 46.3 Å². The number of rotatable bonds is 7. The number of esters is 1. The molecule has 37 heavy (non-hydrogen) atoms. The summed E-state index contributed by atoms with van der Waals surface area (Å²) >= 11 is 3.44. The fourth-order valence-corrected chi connectivity index (χ4v) is 4.24. The van der Waals surface area contributed by atoms with E-state index in [1.807, 2.05) is 36.4 Å². The summed E-state index contributed by atoms with van der Waals surface area (Å²) in [6.07, 6.45) is 1.43. The van der Waals surface area contributed by atoms with Gasteiger partial charge in [-0.3, -0.25) is 4.79 Å². The standard InChI is InChI=1S/C27H20BrN3O6/c1-34-22-13-18(28)11-17(25(22)36-15-24(32)35-2)14-29-31-26(23-12-16-7-3-6-10-21(16)37-23)30-20-9-5-4-8-19(20)27(31)33/h3-14H,15H2,1-2H3. The molecule has 186 valence electrons. The van der Waals surface area contributed by atoms with Crippen molar-refractivity contribution in [3.05, 3.63) is 87.1 Å². The first kappa shape index (κ1) is 24.3. The van der Waals surface area contributed by atoms with Crippen LogP contribution < -0.4 is 15.0 Å². The van der Waals surface area contributed by atoms with Crippen molar-refractivity contribution in [1.29, 1.82) is 0 Å². The molecule has 0 N–H and O–H groups in total. The molecule has 0 aliphatic rings. The maximum Gasteiger partial charge on any atom is 0.343 e. The molecule has 0 amide bonds. The van der Waals surface area contributed by atoms with Crippen molar-refractivity contribution in [2.24, 2.45) is 5.10 Å². The summed E-state index contributed by atoms with van der Waals surface area (Å²) in [5.74, 6) is 0.675. The normalized spacial score (nSPS) is 11.3. The fourth-order valence-electron chi connectivity index (χ4n) is 3.78. The van der Waals surface area contributed by atoms with Gasteiger partial charge in [0, 0.05) is 15.4 Å². The first-order valence-corrected chi connectivity index (χ1v) is 11.9. The Labute approximate surface area is 219 Å². The molecule has 0 aliphatic heterocycles. The number of aromatic nitrogens is 2. The summed E-state index contributed by atoms with van der Waals surface area (Å²) in [6.45, 7) is -0.336. The van der Waals surface area contributed by atoms with Crippen molar-refractivity contribution in [1.82, 2.24) is 9.66 Å². The van der Waals surface area contributed by atoms with Crippen LogP contribution in [0.2, 0.25) is 0 Å². The molecule has 0 atom stereocenters. The monoisotopic (exact) mass is 561 g/mol. The van der Waals surface area contributed by atoms with E-state index in [9.17, 15) is 9.59 Å². The molecule has 5 rings (SSSR count). The summed E-state index contributed by atoms with van der Waals surface area (Å²) in [4.78, 5) is 29.9. The van der Waals surface area contributed by atoms with Crippen LogP contribution in [0.25, 0.3) is 33.5 Å². The van der Waals surface area contributed by atoms with Crippen LogP contribution in [-0.2, 0) is 9.53 Å².